The van der Waals surface area contributed by atoms with Gasteiger partial charge in [0.2, 0.25) is 0 Å². The Kier molecular flexibility index (Phi) is 15.5. The summed E-state index contributed by atoms with van der Waals surface area (Å²) in [5.41, 5.74) is 41.7. The van der Waals surface area contributed by atoms with Crippen molar-refractivity contribution < 1.29 is 0 Å². The van der Waals surface area contributed by atoms with Crippen LogP contribution in [0.4, 0.5) is 85.3 Å². The first-order valence-electron chi connectivity index (χ1n) is 39.8. The molecule has 6 heterocycles. The number of aryl methyl sites for hydroxylation is 1. The molecule has 0 atom stereocenters. The van der Waals surface area contributed by atoms with Gasteiger partial charge in [-0.15, -0.1) is 11.3 Å². The first-order chi connectivity index (χ1) is 57.0. The fourth-order valence-corrected chi connectivity index (χ4v) is 20.4. The second kappa shape index (κ2) is 26.9. The van der Waals surface area contributed by atoms with E-state index in [4.69, 9.17) is 0 Å². The largest absolute Gasteiger partial charge is 0.311 e. The fraction of sp³-hybridized carbons (Fsp3) is 0.00935. The minimum atomic E-state index is -0.276. The van der Waals surface area contributed by atoms with Crippen molar-refractivity contribution in [1.82, 2.24) is 0 Å². The quantitative estimate of drug-likeness (QED) is 0.107. The van der Waals surface area contributed by atoms with Crippen molar-refractivity contribution >= 4 is 143 Å². The Hall–Kier alpha value is -14.4. The van der Waals surface area contributed by atoms with Crippen molar-refractivity contribution in [1.29, 1.82) is 0 Å². The number of hydrogen-bond acceptors (Lipinski definition) is 6. The Bertz CT molecular complexity index is 6700. The van der Waals surface area contributed by atoms with Crippen molar-refractivity contribution in [3.8, 4) is 87.6 Å². The number of para-hydroxylation sites is 2. The normalized spacial score (nSPS) is 12.8. The van der Waals surface area contributed by atoms with Gasteiger partial charge in [-0.2, -0.15) is 0 Å². The van der Waals surface area contributed by atoms with Gasteiger partial charge < -0.3 is 24.5 Å². The van der Waals surface area contributed by atoms with Crippen LogP contribution in [0.25, 0.3) is 87.6 Å². The summed E-state index contributed by atoms with van der Waals surface area (Å²) in [5, 5.41) is 0. The molecule has 0 bridgehead atoms. The molecule has 0 N–H and O–H groups in total. The van der Waals surface area contributed by atoms with Gasteiger partial charge in [-0.1, -0.05) is 315 Å². The maximum atomic E-state index is 2.79. The van der Waals surface area contributed by atoms with Gasteiger partial charge in [0.05, 0.1) is 38.2 Å². The first kappa shape index (κ1) is 66.4. The van der Waals surface area contributed by atoms with E-state index in [1.54, 1.807) is 0 Å². The van der Waals surface area contributed by atoms with E-state index in [1.807, 2.05) is 11.3 Å². The maximum Gasteiger partial charge on any atom is 0.252 e. The molecule has 0 fully saturated rings. The fourth-order valence-electron chi connectivity index (χ4n) is 19.1. The van der Waals surface area contributed by atoms with Crippen LogP contribution in [-0.4, -0.2) is 13.4 Å². The molecule has 23 rings (SSSR count). The lowest BCUT2D eigenvalue weighted by molar-refractivity contribution is 1.17. The molecule has 5 aliphatic rings. The van der Waals surface area contributed by atoms with E-state index in [1.165, 1.54) is 81.8 Å². The van der Waals surface area contributed by atoms with Gasteiger partial charge in [0, 0.05) is 56.9 Å². The van der Waals surface area contributed by atoms with E-state index in [0.29, 0.717) is 0 Å². The standard InChI is InChI=1S/C107H71B2N5S/c1-70-58-96-100-97(59-70)113-102-91(108(100)90-54-52-80(72-34-14-3-15-35-72)67-95(90)112(96)88-64-83(75-40-20-6-21-41-75)61-84(65-88)76-42-22-7-23-43-76)55-56-92-103(102)114(105-104(113)106(77-44-24-8-25-45-77)115-107(105)78-46-26-9-27-47-78)99-69-89(110(85-48-28-10-29-49-85)86-50-30-11-31-51-86)68-98-101(99)109(92)93-66-79(71-32-12-2-13-33-71)53-57-94(93)111(98)87-62-81(73-36-16-4-17-37-73)60-82(63-87)74-38-18-5-19-39-74/h2-69H,1H3. The van der Waals surface area contributed by atoms with Crippen molar-refractivity contribution in [2.45, 2.75) is 6.92 Å². The zero-order chi connectivity index (χ0) is 75.8. The van der Waals surface area contributed by atoms with Crippen molar-refractivity contribution in [3.63, 3.8) is 0 Å². The second-order valence-corrected chi connectivity index (χ2v) is 31.8. The summed E-state index contributed by atoms with van der Waals surface area (Å²) in [4.78, 5) is 15.7. The summed E-state index contributed by atoms with van der Waals surface area (Å²) in [5.74, 6) is 0. The first-order valence-corrected chi connectivity index (χ1v) is 40.6. The smallest absolute Gasteiger partial charge is 0.252 e. The molecular weight excluding hydrogens is 1410 g/mol. The highest BCUT2D eigenvalue weighted by atomic mass is 32.1. The van der Waals surface area contributed by atoms with Gasteiger partial charge in [-0.05, 0) is 220 Å². The lowest BCUT2D eigenvalue weighted by atomic mass is 9.30. The van der Waals surface area contributed by atoms with Crippen LogP contribution in [0.3, 0.4) is 0 Å². The molecule has 17 aromatic carbocycles. The molecule has 0 spiro atoms. The predicted molar refractivity (Wildman–Crippen MR) is 489 cm³/mol. The highest BCUT2D eigenvalue weighted by Gasteiger charge is 2.54. The van der Waals surface area contributed by atoms with Crippen LogP contribution in [-0.2, 0) is 0 Å². The van der Waals surface area contributed by atoms with E-state index < -0.39 is 0 Å². The van der Waals surface area contributed by atoms with E-state index in [0.717, 1.165) is 129 Å². The van der Waals surface area contributed by atoms with Crippen LogP contribution in [0.5, 0.6) is 0 Å². The number of hydrogen-bond donors (Lipinski definition) is 0. The van der Waals surface area contributed by atoms with Crippen LogP contribution in [0.15, 0.2) is 413 Å². The highest BCUT2D eigenvalue weighted by molar-refractivity contribution is 7.20. The minimum Gasteiger partial charge on any atom is -0.311 e. The summed E-state index contributed by atoms with van der Waals surface area (Å²) in [6.07, 6.45) is 0. The number of thiophene rings is 1. The molecular formula is C107H71B2N5S. The molecule has 0 amide bonds. The second-order valence-electron chi connectivity index (χ2n) is 30.7. The Balaban J connectivity index is 0.867. The van der Waals surface area contributed by atoms with Gasteiger partial charge in [0.15, 0.2) is 0 Å². The maximum absolute atomic E-state index is 2.79. The van der Waals surface area contributed by atoms with Crippen LogP contribution in [0, 0.1) is 6.92 Å². The van der Waals surface area contributed by atoms with Crippen molar-refractivity contribution in [2.24, 2.45) is 0 Å². The number of nitrogens with zero attached hydrogens (tertiary/aromatic N) is 5. The van der Waals surface area contributed by atoms with E-state index in [9.17, 15) is 0 Å². The van der Waals surface area contributed by atoms with E-state index in [2.05, 4.69) is 444 Å². The predicted octanol–water partition coefficient (Wildman–Crippen LogP) is 25.3. The van der Waals surface area contributed by atoms with E-state index in [-0.39, 0.29) is 13.4 Å². The Morgan fingerprint density at radius 1 is 0.209 bits per heavy atom. The van der Waals surface area contributed by atoms with Crippen LogP contribution >= 0.6 is 11.3 Å². The highest BCUT2D eigenvalue weighted by Crippen LogP contribution is 2.66. The van der Waals surface area contributed by atoms with Crippen molar-refractivity contribution in [3.05, 3.63) is 418 Å². The van der Waals surface area contributed by atoms with Gasteiger partial charge in [0.25, 0.3) is 13.4 Å². The van der Waals surface area contributed by atoms with Gasteiger partial charge in [0.1, 0.15) is 0 Å². The summed E-state index contributed by atoms with van der Waals surface area (Å²) < 4.78 is 0. The average molecular weight is 1480 g/mol. The molecule has 0 saturated carbocycles. The Morgan fingerprint density at radius 2 is 0.522 bits per heavy atom. The van der Waals surface area contributed by atoms with Gasteiger partial charge in [-0.3, -0.25) is 0 Å². The molecule has 536 valence electrons. The van der Waals surface area contributed by atoms with Crippen LogP contribution < -0.4 is 57.3 Å². The van der Waals surface area contributed by atoms with Gasteiger partial charge >= 0.3 is 0 Å². The molecule has 1 aromatic heterocycles. The van der Waals surface area contributed by atoms with Crippen LogP contribution in [0.2, 0.25) is 0 Å². The third-order valence-electron chi connectivity index (χ3n) is 24.0. The lowest BCUT2D eigenvalue weighted by Gasteiger charge is -2.52. The molecule has 0 saturated heterocycles. The summed E-state index contributed by atoms with van der Waals surface area (Å²) >= 11 is 1.91. The number of benzene rings is 17. The SMILES string of the molecule is Cc1cc2c3c(c1)N1c4c(ccc5c4N(c4cc(N(c6ccccc6)c6ccccc6)cc6c4B5c4cc(-c5ccccc5)ccc4N6c4cc(-c5ccccc5)cc(-c5ccccc5)c4)c4c(-c5ccccc5)sc(-c5ccccc5)c41)B3c1ccc(-c3ccccc3)cc1N2c1cc(-c2ccccc2)cc(-c2ccccc2)c1. The summed E-state index contributed by atoms with van der Waals surface area (Å²) in [6, 6.07) is 155. The zero-order valence-electron chi connectivity index (χ0n) is 63.1. The molecule has 115 heavy (non-hydrogen) atoms. The third kappa shape index (κ3) is 10.8. The topological polar surface area (TPSA) is 16.2 Å². The molecule has 5 nitrogen and oxygen atoms in total. The number of rotatable bonds is 13. The van der Waals surface area contributed by atoms with Crippen LogP contribution in [0.1, 0.15) is 5.56 Å². The molecule has 18 aromatic rings. The number of fused-ring (bicyclic) bond motifs is 11. The summed E-state index contributed by atoms with van der Waals surface area (Å²) in [7, 11) is 0. The molecule has 5 aliphatic heterocycles. The molecule has 0 unspecified atom stereocenters. The Labute approximate surface area is 675 Å². The lowest BCUT2D eigenvalue weighted by Crippen LogP contribution is -2.65. The monoisotopic (exact) mass is 1480 g/mol. The molecule has 0 radical (unpaired) electrons. The summed E-state index contributed by atoms with van der Waals surface area (Å²) in [6.45, 7) is 1.83. The third-order valence-corrected chi connectivity index (χ3v) is 25.3. The average Bonchev–Trinajstić information content (AvgIpc) is 1.65. The molecule has 0 aliphatic carbocycles. The van der Waals surface area contributed by atoms with Crippen molar-refractivity contribution in [2.75, 3.05) is 24.5 Å². The minimum absolute atomic E-state index is 0.218. The number of anilines is 15. The Morgan fingerprint density at radius 3 is 0.930 bits per heavy atom. The zero-order valence-corrected chi connectivity index (χ0v) is 63.9. The molecule has 8 heteroatoms. The van der Waals surface area contributed by atoms with Gasteiger partial charge in [-0.25, -0.2) is 0 Å². The van der Waals surface area contributed by atoms with E-state index >= 15 is 0 Å².